The largest absolute Gasteiger partial charge is 0.469 e. The Hall–Kier alpha value is -2.19. The molecule has 2 N–H and O–H groups in total. The van der Waals surface area contributed by atoms with Crippen molar-refractivity contribution in [3.05, 3.63) is 34.7 Å². The number of hydrogen-bond donors (Lipinski definition) is 2. The molecule has 0 aromatic carbocycles. The van der Waals surface area contributed by atoms with Crippen molar-refractivity contribution in [3.63, 3.8) is 0 Å². The van der Waals surface area contributed by atoms with Gasteiger partial charge in [0.25, 0.3) is 5.91 Å². The minimum atomic E-state index is -0.260. The van der Waals surface area contributed by atoms with E-state index in [4.69, 9.17) is 4.42 Å². The minimum absolute atomic E-state index is 0.0669. The van der Waals surface area contributed by atoms with Crippen LogP contribution in [0.15, 0.2) is 22.1 Å². The minimum Gasteiger partial charge on any atom is -0.469 e. The molecule has 24 heavy (non-hydrogen) atoms. The number of furan rings is 1. The Kier molecular flexibility index (Phi) is 4.96. The SMILES string of the molecule is Cc1occc1C(=O)Nc1nc(CC(=O)N2CCNC(C)C2)cs1. The number of amides is 2. The van der Waals surface area contributed by atoms with Gasteiger partial charge in [-0.1, -0.05) is 0 Å². The van der Waals surface area contributed by atoms with Gasteiger partial charge in [0.15, 0.2) is 5.13 Å². The molecule has 0 saturated carbocycles. The van der Waals surface area contributed by atoms with Crippen molar-refractivity contribution in [2.75, 3.05) is 25.0 Å². The van der Waals surface area contributed by atoms with Crippen molar-refractivity contribution in [1.82, 2.24) is 15.2 Å². The van der Waals surface area contributed by atoms with Gasteiger partial charge in [0, 0.05) is 31.1 Å². The first kappa shape index (κ1) is 16.7. The van der Waals surface area contributed by atoms with E-state index >= 15 is 0 Å². The van der Waals surface area contributed by atoms with Crippen molar-refractivity contribution < 1.29 is 14.0 Å². The number of piperazine rings is 1. The highest BCUT2D eigenvalue weighted by atomic mass is 32.1. The number of hydrogen-bond acceptors (Lipinski definition) is 6. The van der Waals surface area contributed by atoms with Crippen LogP contribution in [-0.4, -0.2) is 47.4 Å². The monoisotopic (exact) mass is 348 g/mol. The van der Waals surface area contributed by atoms with Crippen molar-refractivity contribution in [2.24, 2.45) is 0 Å². The van der Waals surface area contributed by atoms with Crippen LogP contribution < -0.4 is 10.6 Å². The Morgan fingerprint density at radius 1 is 1.54 bits per heavy atom. The maximum absolute atomic E-state index is 12.3. The van der Waals surface area contributed by atoms with Gasteiger partial charge in [-0.25, -0.2) is 4.98 Å². The maximum Gasteiger partial charge on any atom is 0.260 e. The lowest BCUT2D eigenvalue weighted by atomic mass is 10.2. The Morgan fingerprint density at radius 3 is 3.08 bits per heavy atom. The average molecular weight is 348 g/mol. The fourth-order valence-electron chi connectivity index (χ4n) is 2.66. The van der Waals surface area contributed by atoms with E-state index < -0.39 is 0 Å². The molecule has 1 atom stereocenters. The number of thiazole rings is 1. The summed E-state index contributed by atoms with van der Waals surface area (Å²) in [5.74, 6) is 0.369. The third-order valence-electron chi connectivity index (χ3n) is 3.93. The summed E-state index contributed by atoms with van der Waals surface area (Å²) in [7, 11) is 0. The quantitative estimate of drug-likeness (QED) is 0.877. The first-order valence-corrected chi connectivity index (χ1v) is 8.72. The molecule has 7 nitrogen and oxygen atoms in total. The number of rotatable bonds is 4. The van der Waals surface area contributed by atoms with Crippen molar-refractivity contribution in [1.29, 1.82) is 0 Å². The molecule has 0 bridgehead atoms. The predicted octanol–water partition coefficient (Wildman–Crippen LogP) is 1.66. The van der Waals surface area contributed by atoms with Gasteiger partial charge in [-0.15, -0.1) is 11.3 Å². The molecule has 128 valence electrons. The molecular formula is C16H20N4O3S. The van der Waals surface area contributed by atoms with Crippen molar-refractivity contribution in [3.8, 4) is 0 Å². The molecule has 0 aliphatic carbocycles. The molecular weight excluding hydrogens is 328 g/mol. The lowest BCUT2D eigenvalue weighted by molar-refractivity contribution is -0.131. The van der Waals surface area contributed by atoms with Crippen LogP contribution in [0.4, 0.5) is 5.13 Å². The number of carbonyl (C=O) groups is 2. The normalized spacial score (nSPS) is 17.8. The first-order chi connectivity index (χ1) is 11.5. The summed E-state index contributed by atoms with van der Waals surface area (Å²) in [5, 5.41) is 8.34. The number of nitrogens with one attached hydrogen (secondary N) is 2. The van der Waals surface area contributed by atoms with E-state index in [-0.39, 0.29) is 18.2 Å². The summed E-state index contributed by atoms with van der Waals surface area (Å²) < 4.78 is 5.12. The number of anilines is 1. The number of aromatic nitrogens is 1. The van der Waals surface area contributed by atoms with Gasteiger partial charge in [-0.05, 0) is 19.9 Å². The Balaban J connectivity index is 1.58. The third-order valence-corrected chi connectivity index (χ3v) is 4.74. The van der Waals surface area contributed by atoms with E-state index in [1.807, 2.05) is 4.90 Å². The lowest BCUT2D eigenvalue weighted by Gasteiger charge is -2.31. The van der Waals surface area contributed by atoms with Crippen molar-refractivity contribution >= 4 is 28.3 Å². The van der Waals surface area contributed by atoms with Crippen LogP contribution in [0, 0.1) is 6.92 Å². The van der Waals surface area contributed by atoms with Gasteiger partial charge in [0.1, 0.15) is 5.76 Å². The molecule has 3 rings (SSSR count). The fraction of sp³-hybridized carbons (Fsp3) is 0.438. The molecule has 1 saturated heterocycles. The van der Waals surface area contributed by atoms with E-state index in [0.717, 1.165) is 13.1 Å². The zero-order chi connectivity index (χ0) is 17.1. The molecule has 8 heteroatoms. The standard InChI is InChI=1S/C16H20N4O3S/c1-10-8-20(5-4-17-10)14(21)7-12-9-24-16(18-12)19-15(22)13-3-6-23-11(13)2/h3,6,9-10,17H,4-5,7-8H2,1-2H3,(H,18,19,22). The lowest BCUT2D eigenvalue weighted by Crippen LogP contribution is -2.51. The number of nitrogens with zero attached hydrogens (tertiary/aromatic N) is 2. The van der Waals surface area contributed by atoms with Crippen LogP contribution in [0.5, 0.6) is 0 Å². The van der Waals surface area contributed by atoms with Gasteiger partial charge in [-0.3, -0.25) is 14.9 Å². The summed E-state index contributed by atoms with van der Waals surface area (Å²) in [6.07, 6.45) is 1.73. The Labute approximate surface area is 144 Å². The summed E-state index contributed by atoms with van der Waals surface area (Å²) in [5.41, 5.74) is 1.16. The molecule has 0 radical (unpaired) electrons. The van der Waals surface area contributed by atoms with Crippen molar-refractivity contribution in [2.45, 2.75) is 26.3 Å². The Bertz CT molecular complexity index is 739. The second kappa shape index (κ2) is 7.14. The third kappa shape index (κ3) is 3.82. The van der Waals surface area contributed by atoms with Gasteiger partial charge in [0.05, 0.1) is 23.9 Å². The molecule has 1 aliphatic heterocycles. The molecule has 2 aromatic heterocycles. The number of aryl methyl sites for hydroxylation is 1. The second-order valence-corrected chi connectivity index (χ2v) is 6.72. The molecule has 0 spiro atoms. The van der Waals surface area contributed by atoms with Gasteiger partial charge in [-0.2, -0.15) is 0 Å². The molecule has 2 amide bonds. The van der Waals surface area contributed by atoms with Crippen LogP contribution in [0.2, 0.25) is 0 Å². The van der Waals surface area contributed by atoms with Gasteiger partial charge in [0.2, 0.25) is 5.91 Å². The predicted molar refractivity (Wildman–Crippen MR) is 91.3 cm³/mol. The van der Waals surface area contributed by atoms with Crippen LogP contribution in [-0.2, 0) is 11.2 Å². The van der Waals surface area contributed by atoms with E-state index in [9.17, 15) is 9.59 Å². The van der Waals surface area contributed by atoms with E-state index in [1.54, 1.807) is 18.4 Å². The van der Waals surface area contributed by atoms with E-state index in [1.165, 1.54) is 17.6 Å². The topological polar surface area (TPSA) is 87.5 Å². The zero-order valence-electron chi connectivity index (χ0n) is 13.7. The van der Waals surface area contributed by atoms with E-state index in [2.05, 4.69) is 22.5 Å². The molecule has 1 aliphatic rings. The van der Waals surface area contributed by atoms with Crippen LogP contribution >= 0.6 is 11.3 Å². The van der Waals surface area contributed by atoms with Crippen LogP contribution in [0.1, 0.15) is 28.7 Å². The molecule has 2 aromatic rings. The summed E-state index contributed by atoms with van der Waals surface area (Å²) in [6, 6.07) is 1.93. The molecule has 1 unspecified atom stereocenters. The summed E-state index contributed by atoms with van der Waals surface area (Å²) in [4.78, 5) is 30.7. The highest BCUT2D eigenvalue weighted by Gasteiger charge is 2.21. The average Bonchev–Trinajstić information content (AvgIpc) is 3.16. The highest BCUT2D eigenvalue weighted by molar-refractivity contribution is 7.14. The fourth-order valence-corrected chi connectivity index (χ4v) is 3.36. The summed E-state index contributed by atoms with van der Waals surface area (Å²) in [6.45, 7) is 6.04. The summed E-state index contributed by atoms with van der Waals surface area (Å²) >= 11 is 1.31. The van der Waals surface area contributed by atoms with E-state index in [0.29, 0.717) is 34.7 Å². The second-order valence-electron chi connectivity index (χ2n) is 5.86. The van der Waals surface area contributed by atoms with Gasteiger partial charge >= 0.3 is 0 Å². The Morgan fingerprint density at radius 2 is 2.38 bits per heavy atom. The van der Waals surface area contributed by atoms with Crippen LogP contribution in [0.3, 0.4) is 0 Å². The zero-order valence-corrected chi connectivity index (χ0v) is 14.5. The number of carbonyl (C=O) groups excluding carboxylic acids is 2. The maximum atomic E-state index is 12.3. The smallest absolute Gasteiger partial charge is 0.260 e. The highest BCUT2D eigenvalue weighted by Crippen LogP contribution is 2.19. The molecule has 1 fully saturated rings. The first-order valence-electron chi connectivity index (χ1n) is 7.84. The molecule has 3 heterocycles. The van der Waals surface area contributed by atoms with Crippen LogP contribution in [0.25, 0.3) is 0 Å². The van der Waals surface area contributed by atoms with Gasteiger partial charge < -0.3 is 14.6 Å².